The van der Waals surface area contributed by atoms with Crippen LogP contribution in [-0.2, 0) is 0 Å². The van der Waals surface area contributed by atoms with E-state index in [0.717, 1.165) is 18.9 Å². The molecule has 0 bridgehead atoms. The van der Waals surface area contributed by atoms with Crippen LogP contribution < -0.4 is 5.32 Å². The number of hydrogen-bond acceptors (Lipinski definition) is 3. The van der Waals surface area contributed by atoms with Crippen molar-refractivity contribution in [2.24, 2.45) is 0 Å². The van der Waals surface area contributed by atoms with Gasteiger partial charge in [0.25, 0.3) is 0 Å². The number of hydrogen-bond donors (Lipinski definition) is 1. The van der Waals surface area contributed by atoms with Crippen molar-refractivity contribution in [2.75, 3.05) is 11.9 Å². The molecule has 0 radical (unpaired) electrons. The van der Waals surface area contributed by atoms with Crippen molar-refractivity contribution < 1.29 is 0 Å². The first-order chi connectivity index (χ1) is 6.24. The lowest BCUT2D eigenvalue weighted by Gasteiger charge is -2.05. The van der Waals surface area contributed by atoms with Crippen molar-refractivity contribution in [1.82, 2.24) is 9.97 Å². The monoisotopic (exact) mass is 179 g/mol. The number of nitrogens with one attached hydrogen (secondary N) is 1. The van der Waals surface area contributed by atoms with Gasteiger partial charge >= 0.3 is 0 Å². The summed E-state index contributed by atoms with van der Waals surface area (Å²) in [5.41, 5.74) is 1.18. The molecule has 1 aromatic heterocycles. The minimum Gasteiger partial charge on any atom is -0.354 e. The second-order valence-corrected chi connectivity index (χ2v) is 3.42. The third kappa shape index (κ3) is 3.01. The Morgan fingerprint density at radius 1 is 1.31 bits per heavy atom. The lowest BCUT2D eigenvalue weighted by Crippen LogP contribution is -2.04. The Kier molecular flexibility index (Phi) is 3.68. The Morgan fingerprint density at radius 3 is 2.38 bits per heavy atom. The average molecular weight is 179 g/mol. The van der Waals surface area contributed by atoms with E-state index in [0.29, 0.717) is 5.92 Å². The van der Waals surface area contributed by atoms with Crippen LogP contribution in [0, 0.1) is 0 Å². The van der Waals surface area contributed by atoms with E-state index in [4.69, 9.17) is 0 Å². The number of rotatable bonds is 4. The number of nitrogens with zero attached hydrogens (tertiary/aromatic N) is 2. The molecule has 0 atom stereocenters. The highest BCUT2D eigenvalue weighted by Crippen LogP contribution is 2.11. The summed E-state index contributed by atoms with van der Waals surface area (Å²) in [6, 6.07) is 0. The summed E-state index contributed by atoms with van der Waals surface area (Å²) in [6.45, 7) is 7.33. The molecule has 0 aliphatic rings. The van der Waals surface area contributed by atoms with Gasteiger partial charge in [-0.15, -0.1) is 0 Å². The second-order valence-electron chi connectivity index (χ2n) is 3.42. The van der Waals surface area contributed by atoms with Gasteiger partial charge in [-0.05, 0) is 17.9 Å². The van der Waals surface area contributed by atoms with Crippen molar-refractivity contribution in [3.05, 3.63) is 18.0 Å². The van der Waals surface area contributed by atoms with Crippen LogP contribution in [0.5, 0.6) is 0 Å². The van der Waals surface area contributed by atoms with E-state index in [9.17, 15) is 0 Å². The number of anilines is 1. The normalized spacial score (nSPS) is 10.5. The Hall–Kier alpha value is -1.12. The highest BCUT2D eigenvalue weighted by molar-refractivity contribution is 5.25. The van der Waals surface area contributed by atoms with Gasteiger partial charge in [-0.25, -0.2) is 9.97 Å². The maximum Gasteiger partial charge on any atom is 0.222 e. The van der Waals surface area contributed by atoms with Crippen LogP contribution in [0.3, 0.4) is 0 Å². The Morgan fingerprint density at radius 2 is 1.92 bits per heavy atom. The summed E-state index contributed by atoms with van der Waals surface area (Å²) in [6.07, 6.45) is 4.86. The largest absolute Gasteiger partial charge is 0.354 e. The maximum absolute atomic E-state index is 4.22. The molecule has 0 amide bonds. The fraction of sp³-hybridized carbons (Fsp3) is 0.600. The molecule has 0 fully saturated rings. The molecule has 1 N–H and O–H groups in total. The second kappa shape index (κ2) is 4.80. The van der Waals surface area contributed by atoms with Gasteiger partial charge in [-0.3, -0.25) is 0 Å². The molecule has 1 rings (SSSR count). The van der Waals surface area contributed by atoms with Gasteiger partial charge in [0.15, 0.2) is 0 Å². The van der Waals surface area contributed by atoms with Gasteiger partial charge in [-0.1, -0.05) is 20.8 Å². The minimum atomic E-state index is 0.500. The Bertz CT molecular complexity index is 241. The van der Waals surface area contributed by atoms with E-state index >= 15 is 0 Å². The van der Waals surface area contributed by atoms with Crippen LogP contribution in [0.15, 0.2) is 12.4 Å². The quantitative estimate of drug-likeness (QED) is 0.771. The molecule has 0 aromatic carbocycles. The van der Waals surface area contributed by atoms with Crippen molar-refractivity contribution in [1.29, 1.82) is 0 Å². The zero-order valence-corrected chi connectivity index (χ0v) is 8.54. The molecule has 0 saturated carbocycles. The summed E-state index contributed by atoms with van der Waals surface area (Å²) >= 11 is 0. The smallest absolute Gasteiger partial charge is 0.222 e. The van der Waals surface area contributed by atoms with Crippen molar-refractivity contribution in [3.63, 3.8) is 0 Å². The van der Waals surface area contributed by atoms with Gasteiger partial charge in [0, 0.05) is 18.9 Å². The first-order valence-corrected chi connectivity index (χ1v) is 4.79. The number of aromatic nitrogens is 2. The molecule has 1 heterocycles. The van der Waals surface area contributed by atoms with E-state index in [1.54, 1.807) is 0 Å². The fourth-order valence-electron chi connectivity index (χ4n) is 0.964. The van der Waals surface area contributed by atoms with E-state index < -0.39 is 0 Å². The third-order valence-corrected chi connectivity index (χ3v) is 1.87. The topological polar surface area (TPSA) is 37.8 Å². The van der Waals surface area contributed by atoms with Crippen molar-refractivity contribution in [2.45, 2.75) is 33.1 Å². The van der Waals surface area contributed by atoms with Gasteiger partial charge in [-0.2, -0.15) is 0 Å². The third-order valence-electron chi connectivity index (χ3n) is 1.87. The van der Waals surface area contributed by atoms with Gasteiger partial charge in [0.05, 0.1) is 0 Å². The first-order valence-electron chi connectivity index (χ1n) is 4.79. The summed E-state index contributed by atoms with van der Waals surface area (Å²) in [4.78, 5) is 8.43. The highest BCUT2D eigenvalue weighted by Gasteiger charge is 1.99. The molecular weight excluding hydrogens is 162 g/mol. The van der Waals surface area contributed by atoms with Crippen LogP contribution in [-0.4, -0.2) is 16.5 Å². The lowest BCUT2D eigenvalue weighted by atomic mass is 10.1. The molecule has 0 aliphatic heterocycles. The van der Waals surface area contributed by atoms with Crippen molar-refractivity contribution >= 4 is 5.95 Å². The summed E-state index contributed by atoms with van der Waals surface area (Å²) in [7, 11) is 0. The Labute approximate surface area is 79.6 Å². The molecule has 0 saturated heterocycles. The van der Waals surface area contributed by atoms with Crippen LogP contribution in [0.2, 0.25) is 0 Å². The molecule has 13 heavy (non-hydrogen) atoms. The van der Waals surface area contributed by atoms with Crippen LogP contribution in [0.25, 0.3) is 0 Å². The average Bonchev–Trinajstić information content (AvgIpc) is 2.15. The molecule has 72 valence electrons. The van der Waals surface area contributed by atoms with Crippen LogP contribution >= 0.6 is 0 Å². The first kappa shape index (κ1) is 9.96. The SMILES string of the molecule is CCCNc1ncc(C(C)C)cn1. The maximum atomic E-state index is 4.22. The molecule has 3 nitrogen and oxygen atoms in total. The molecule has 3 heteroatoms. The van der Waals surface area contributed by atoms with E-state index in [2.05, 4.69) is 36.1 Å². The van der Waals surface area contributed by atoms with E-state index in [-0.39, 0.29) is 0 Å². The summed E-state index contributed by atoms with van der Waals surface area (Å²) in [5, 5.41) is 3.14. The van der Waals surface area contributed by atoms with Gasteiger partial charge < -0.3 is 5.32 Å². The predicted octanol–water partition coefficient (Wildman–Crippen LogP) is 2.42. The van der Waals surface area contributed by atoms with E-state index in [1.807, 2.05) is 12.4 Å². The zero-order chi connectivity index (χ0) is 9.68. The molecular formula is C10H17N3. The molecule has 1 aromatic rings. The standard InChI is InChI=1S/C10H17N3/c1-4-5-11-10-12-6-9(7-13-10)8(2)3/h6-8H,4-5H2,1-3H3,(H,11,12,13). The minimum absolute atomic E-state index is 0.500. The predicted molar refractivity (Wildman–Crippen MR) is 54.9 cm³/mol. The summed E-state index contributed by atoms with van der Waals surface area (Å²) < 4.78 is 0. The lowest BCUT2D eigenvalue weighted by molar-refractivity contribution is 0.843. The summed E-state index contributed by atoms with van der Waals surface area (Å²) in [5.74, 6) is 1.23. The molecule has 0 spiro atoms. The molecule has 0 unspecified atom stereocenters. The fourth-order valence-corrected chi connectivity index (χ4v) is 0.964. The van der Waals surface area contributed by atoms with Crippen molar-refractivity contribution in [3.8, 4) is 0 Å². The zero-order valence-electron chi connectivity index (χ0n) is 8.54. The van der Waals surface area contributed by atoms with E-state index in [1.165, 1.54) is 5.56 Å². The van der Waals surface area contributed by atoms with Gasteiger partial charge in [0.1, 0.15) is 0 Å². The Balaban J connectivity index is 2.59. The van der Waals surface area contributed by atoms with Crippen LogP contribution in [0.4, 0.5) is 5.95 Å². The highest BCUT2D eigenvalue weighted by atomic mass is 15.1. The van der Waals surface area contributed by atoms with Crippen LogP contribution in [0.1, 0.15) is 38.7 Å². The van der Waals surface area contributed by atoms with Gasteiger partial charge in [0.2, 0.25) is 5.95 Å². The molecule has 0 aliphatic carbocycles.